The van der Waals surface area contributed by atoms with E-state index in [9.17, 15) is 0 Å². The van der Waals surface area contributed by atoms with E-state index in [4.69, 9.17) is 34.8 Å². The summed E-state index contributed by atoms with van der Waals surface area (Å²) in [6, 6.07) is 1.53. The van der Waals surface area contributed by atoms with Gasteiger partial charge in [-0.2, -0.15) is 4.80 Å². The molecule has 0 fully saturated rings. The summed E-state index contributed by atoms with van der Waals surface area (Å²) in [7, 11) is 1.65. The average molecular weight is 265 g/mol. The van der Waals surface area contributed by atoms with Gasteiger partial charge in [-0.15, -0.1) is 10.2 Å². The third-order valence-electron chi connectivity index (χ3n) is 1.61. The SMILES string of the molecule is Cn1nnc(-c2cc(Cl)c(Cl)c(Cl)n2)n1. The summed E-state index contributed by atoms with van der Waals surface area (Å²) in [5.74, 6) is 0.345. The highest BCUT2D eigenvalue weighted by Gasteiger charge is 2.12. The molecule has 0 aliphatic heterocycles. The van der Waals surface area contributed by atoms with Crippen molar-refractivity contribution in [3.05, 3.63) is 21.3 Å². The van der Waals surface area contributed by atoms with Crippen molar-refractivity contribution in [2.24, 2.45) is 7.05 Å². The maximum Gasteiger partial charge on any atom is 0.223 e. The van der Waals surface area contributed by atoms with Gasteiger partial charge in [0.2, 0.25) is 5.82 Å². The van der Waals surface area contributed by atoms with Gasteiger partial charge in [0.1, 0.15) is 10.8 Å². The Kier molecular flexibility index (Phi) is 2.77. The minimum Gasteiger partial charge on any atom is -0.231 e. The number of nitrogens with zero attached hydrogens (tertiary/aromatic N) is 5. The van der Waals surface area contributed by atoms with E-state index >= 15 is 0 Å². The summed E-state index contributed by atoms with van der Waals surface area (Å²) in [4.78, 5) is 5.30. The quantitative estimate of drug-likeness (QED) is 0.741. The topological polar surface area (TPSA) is 56.5 Å². The van der Waals surface area contributed by atoms with Crippen molar-refractivity contribution in [3.8, 4) is 11.5 Å². The first-order valence-corrected chi connectivity index (χ1v) is 4.97. The van der Waals surface area contributed by atoms with Crippen molar-refractivity contribution in [2.45, 2.75) is 0 Å². The number of halogens is 3. The Hall–Kier alpha value is -0.910. The standard InChI is InChI=1S/C7H4Cl3N5/c1-15-13-7(12-14-15)4-2-3(8)5(9)6(10)11-4/h2H,1H3. The Morgan fingerprint density at radius 3 is 2.53 bits per heavy atom. The second-order valence-corrected chi connectivity index (χ2v) is 3.84. The first kappa shape index (κ1) is 10.6. The number of tetrazole rings is 1. The van der Waals surface area contributed by atoms with Gasteiger partial charge in [0.25, 0.3) is 0 Å². The van der Waals surface area contributed by atoms with E-state index in [0.717, 1.165) is 0 Å². The van der Waals surface area contributed by atoms with Crippen molar-refractivity contribution < 1.29 is 0 Å². The zero-order chi connectivity index (χ0) is 11.0. The highest BCUT2D eigenvalue weighted by Crippen LogP contribution is 2.30. The van der Waals surface area contributed by atoms with Crippen LogP contribution in [0.2, 0.25) is 15.2 Å². The number of hydrogen-bond donors (Lipinski definition) is 0. The molecule has 0 bridgehead atoms. The van der Waals surface area contributed by atoms with Gasteiger partial charge in [0, 0.05) is 0 Å². The molecule has 0 saturated carbocycles. The highest BCUT2D eigenvalue weighted by molar-refractivity contribution is 6.47. The van der Waals surface area contributed by atoms with E-state index in [-0.39, 0.29) is 10.2 Å². The van der Waals surface area contributed by atoms with Crippen LogP contribution in [-0.2, 0) is 7.05 Å². The van der Waals surface area contributed by atoms with Crippen molar-refractivity contribution in [1.82, 2.24) is 25.2 Å². The summed E-state index contributed by atoms with van der Waals surface area (Å²) in [5.41, 5.74) is 0.433. The smallest absolute Gasteiger partial charge is 0.223 e. The summed E-state index contributed by atoms with van der Waals surface area (Å²) in [5, 5.41) is 12.0. The number of aryl methyl sites for hydroxylation is 1. The fourth-order valence-corrected chi connectivity index (χ4v) is 1.50. The maximum atomic E-state index is 5.84. The molecule has 0 aliphatic carbocycles. The van der Waals surface area contributed by atoms with Crippen LogP contribution < -0.4 is 0 Å². The summed E-state index contributed by atoms with van der Waals surface area (Å²) < 4.78 is 0. The zero-order valence-electron chi connectivity index (χ0n) is 7.45. The van der Waals surface area contributed by atoms with E-state index in [2.05, 4.69) is 20.4 Å². The van der Waals surface area contributed by atoms with E-state index in [1.165, 1.54) is 10.9 Å². The first-order valence-electron chi connectivity index (χ1n) is 3.84. The second kappa shape index (κ2) is 3.92. The molecule has 0 atom stereocenters. The van der Waals surface area contributed by atoms with Crippen LogP contribution in [0.4, 0.5) is 0 Å². The second-order valence-electron chi connectivity index (χ2n) is 2.70. The molecule has 2 rings (SSSR count). The molecule has 2 heterocycles. The van der Waals surface area contributed by atoms with Crippen molar-refractivity contribution in [1.29, 1.82) is 0 Å². The van der Waals surface area contributed by atoms with Gasteiger partial charge in [0.15, 0.2) is 0 Å². The van der Waals surface area contributed by atoms with Gasteiger partial charge in [-0.3, -0.25) is 0 Å². The van der Waals surface area contributed by atoms with Gasteiger partial charge in [0.05, 0.1) is 17.1 Å². The predicted molar refractivity (Wildman–Crippen MR) is 57.1 cm³/mol. The number of hydrogen-bond acceptors (Lipinski definition) is 4. The molecule has 2 aromatic rings. The largest absolute Gasteiger partial charge is 0.231 e. The van der Waals surface area contributed by atoms with Gasteiger partial charge in [-0.05, 0) is 11.3 Å². The first-order chi connectivity index (χ1) is 7.08. The molecular weight excluding hydrogens is 260 g/mol. The van der Waals surface area contributed by atoms with Crippen LogP contribution in [0.5, 0.6) is 0 Å². The minimum absolute atomic E-state index is 0.117. The molecule has 78 valence electrons. The normalized spacial score (nSPS) is 10.7. The van der Waals surface area contributed by atoms with Crippen molar-refractivity contribution >= 4 is 34.8 Å². The molecule has 0 aromatic carbocycles. The molecule has 8 heteroatoms. The summed E-state index contributed by atoms with van der Waals surface area (Å²) in [6.07, 6.45) is 0. The Bertz CT molecular complexity index is 486. The number of rotatable bonds is 1. The predicted octanol–water partition coefficient (Wildman–Crippen LogP) is 2.23. The Morgan fingerprint density at radius 1 is 1.27 bits per heavy atom. The zero-order valence-corrected chi connectivity index (χ0v) is 9.72. The summed E-state index contributed by atoms with van der Waals surface area (Å²) >= 11 is 17.4. The van der Waals surface area contributed by atoms with Gasteiger partial charge < -0.3 is 0 Å². The lowest BCUT2D eigenvalue weighted by Crippen LogP contribution is -1.92. The average Bonchev–Trinajstić information content (AvgIpc) is 2.60. The molecule has 0 N–H and O–H groups in total. The van der Waals surface area contributed by atoms with Crippen LogP contribution in [0.3, 0.4) is 0 Å². The molecule has 0 spiro atoms. The van der Waals surface area contributed by atoms with Crippen LogP contribution in [0, 0.1) is 0 Å². The van der Waals surface area contributed by atoms with E-state index < -0.39 is 0 Å². The van der Waals surface area contributed by atoms with Crippen LogP contribution >= 0.6 is 34.8 Å². The fourth-order valence-electron chi connectivity index (χ4n) is 0.970. The molecule has 0 radical (unpaired) electrons. The fraction of sp³-hybridized carbons (Fsp3) is 0.143. The lowest BCUT2D eigenvalue weighted by molar-refractivity contribution is 0.630. The molecule has 0 saturated heterocycles. The van der Waals surface area contributed by atoms with E-state index in [1.807, 2.05) is 0 Å². The van der Waals surface area contributed by atoms with Crippen molar-refractivity contribution in [2.75, 3.05) is 0 Å². The molecule has 2 aromatic heterocycles. The van der Waals surface area contributed by atoms with Crippen LogP contribution in [0.1, 0.15) is 0 Å². The monoisotopic (exact) mass is 263 g/mol. The lowest BCUT2D eigenvalue weighted by Gasteiger charge is -2.00. The molecular formula is C7H4Cl3N5. The number of pyridine rings is 1. The molecule has 0 unspecified atom stereocenters. The Labute approximate surface area is 100.0 Å². The van der Waals surface area contributed by atoms with Gasteiger partial charge >= 0.3 is 0 Å². The van der Waals surface area contributed by atoms with Crippen LogP contribution in [0.25, 0.3) is 11.5 Å². The van der Waals surface area contributed by atoms with E-state index in [1.54, 1.807) is 7.05 Å². The lowest BCUT2D eigenvalue weighted by atomic mass is 10.3. The van der Waals surface area contributed by atoms with Crippen LogP contribution in [0.15, 0.2) is 6.07 Å². The van der Waals surface area contributed by atoms with Gasteiger partial charge in [-0.25, -0.2) is 4.98 Å². The molecule has 15 heavy (non-hydrogen) atoms. The third kappa shape index (κ3) is 2.04. The Balaban J connectivity index is 2.55. The maximum absolute atomic E-state index is 5.84. The number of aromatic nitrogens is 5. The molecule has 0 amide bonds. The Morgan fingerprint density at radius 2 is 2.00 bits per heavy atom. The summed E-state index contributed by atoms with van der Waals surface area (Å²) in [6.45, 7) is 0. The highest BCUT2D eigenvalue weighted by atomic mass is 35.5. The molecule has 5 nitrogen and oxygen atoms in total. The third-order valence-corrected chi connectivity index (χ3v) is 2.76. The molecule has 0 aliphatic rings. The van der Waals surface area contributed by atoms with Crippen LogP contribution in [-0.4, -0.2) is 25.2 Å². The minimum atomic E-state index is 0.117. The van der Waals surface area contributed by atoms with E-state index in [0.29, 0.717) is 16.5 Å². The van der Waals surface area contributed by atoms with Gasteiger partial charge in [-0.1, -0.05) is 34.8 Å². The van der Waals surface area contributed by atoms with Crippen molar-refractivity contribution in [3.63, 3.8) is 0 Å².